The Labute approximate surface area is 96.8 Å². The molecule has 0 atom stereocenters. The lowest BCUT2D eigenvalue weighted by Crippen LogP contribution is -2.65. The number of halogens is 2. The van der Waals surface area contributed by atoms with Gasteiger partial charge in [-0.25, -0.2) is 0 Å². The normalized spacial score (nSPS) is 40.8. The van der Waals surface area contributed by atoms with Gasteiger partial charge in [-0.15, -0.1) is 0 Å². The Morgan fingerprint density at radius 2 is 1.62 bits per heavy atom. The minimum absolute atomic E-state index is 0.547. The first kappa shape index (κ1) is 8.54. The van der Waals surface area contributed by atoms with Crippen molar-refractivity contribution in [3.8, 4) is 0 Å². The minimum Gasteiger partial charge on any atom is -0.0843 e. The van der Waals surface area contributed by atoms with E-state index in [1.165, 1.54) is 24.8 Å². The van der Waals surface area contributed by atoms with Gasteiger partial charge in [-0.05, 0) is 42.4 Å². The van der Waals surface area contributed by atoms with Gasteiger partial charge in [0.2, 0.25) is 0 Å². The molecule has 0 aromatic heterocycles. The zero-order valence-corrected chi connectivity index (χ0v) is 10.1. The molecule has 1 aromatic carbocycles. The van der Waals surface area contributed by atoms with Gasteiger partial charge in [-0.3, -0.25) is 0 Å². The first-order valence-electron chi connectivity index (χ1n) is 4.57. The number of hydrogen-bond acceptors (Lipinski definition) is 0. The standard InChI is InChI=1S/C11H10ClI/c12-9-3-1-8(2-4-9)10-5-11(13,6-10)7-10/h1-4H,5-7H2. The predicted octanol–water partition coefficient (Wildman–Crippen LogP) is 3.95. The molecule has 0 N–H and O–H groups in total. The highest BCUT2D eigenvalue weighted by Crippen LogP contribution is 2.72. The van der Waals surface area contributed by atoms with Crippen LogP contribution < -0.4 is 0 Å². The zero-order chi connectivity index (χ0) is 9.10. The SMILES string of the molecule is Clc1ccc(C23CC(I)(C2)C3)cc1. The second-order valence-corrected chi connectivity index (χ2v) is 7.19. The average Bonchev–Trinajstić information content (AvgIpc) is 1.99. The molecule has 13 heavy (non-hydrogen) atoms. The maximum Gasteiger partial charge on any atom is 0.0406 e. The van der Waals surface area contributed by atoms with E-state index in [0.717, 1.165) is 5.02 Å². The second kappa shape index (κ2) is 2.43. The van der Waals surface area contributed by atoms with Crippen molar-refractivity contribution >= 4 is 34.2 Å². The molecule has 2 bridgehead atoms. The molecule has 3 aliphatic carbocycles. The minimum atomic E-state index is 0.547. The van der Waals surface area contributed by atoms with Gasteiger partial charge in [-0.1, -0.05) is 46.3 Å². The summed E-state index contributed by atoms with van der Waals surface area (Å²) in [5.74, 6) is 0. The molecule has 3 aliphatic rings. The van der Waals surface area contributed by atoms with Crippen LogP contribution in [0.15, 0.2) is 24.3 Å². The van der Waals surface area contributed by atoms with E-state index in [4.69, 9.17) is 11.6 Å². The summed E-state index contributed by atoms with van der Waals surface area (Å²) in [6.45, 7) is 0. The quantitative estimate of drug-likeness (QED) is 0.544. The Hall–Kier alpha value is 0.240. The van der Waals surface area contributed by atoms with Gasteiger partial charge in [-0.2, -0.15) is 0 Å². The molecule has 2 heteroatoms. The molecule has 0 spiro atoms. The molecule has 0 aliphatic heterocycles. The van der Waals surface area contributed by atoms with Gasteiger partial charge in [0, 0.05) is 8.44 Å². The van der Waals surface area contributed by atoms with E-state index < -0.39 is 0 Å². The summed E-state index contributed by atoms with van der Waals surface area (Å²) in [5, 5.41) is 0.847. The smallest absolute Gasteiger partial charge is 0.0406 e. The Bertz CT molecular complexity index is 335. The summed E-state index contributed by atoms with van der Waals surface area (Å²) < 4.78 is 0.664. The highest BCUT2D eigenvalue weighted by molar-refractivity contribution is 14.1. The molecule has 1 aromatic rings. The Kier molecular flexibility index (Phi) is 1.59. The lowest BCUT2D eigenvalue weighted by atomic mass is 9.42. The van der Waals surface area contributed by atoms with Gasteiger partial charge in [0.1, 0.15) is 0 Å². The van der Waals surface area contributed by atoms with Crippen LogP contribution in [-0.4, -0.2) is 3.42 Å². The summed E-state index contributed by atoms with van der Waals surface area (Å²) in [5.41, 5.74) is 2.04. The first-order valence-corrected chi connectivity index (χ1v) is 6.03. The van der Waals surface area contributed by atoms with Gasteiger partial charge < -0.3 is 0 Å². The van der Waals surface area contributed by atoms with Crippen LogP contribution in [0.1, 0.15) is 24.8 Å². The van der Waals surface area contributed by atoms with Crippen LogP contribution in [0, 0.1) is 0 Å². The van der Waals surface area contributed by atoms with Crippen molar-refractivity contribution < 1.29 is 0 Å². The fourth-order valence-corrected chi connectivity index (χ4v) is 5.09. The van der Waals surface area contributed by atoms with E-state index in [2.05, 4.69) is 34.7 Å². The summed E-state index contributed by atoms with van der Waals surface area (Å²) in [6.07, 6.45) is 4.13. The van der Waals surface area contributed by atoms with Crippen LogP contribution in [-0.2, 0) is 5.41 Å². The van der Waals surface area contributed by atoms with Gasteiger partial charge >= 0.3 is 0 Å². The van der Waals surface area contributed by atoms with Crippen LogP contribution in [0.5, 0.6) is 0 Å². The van der Waals surface area contributed by atoms with Crippen LogP contribution in [0.25, 0.3) is 0 Å². The summed E-state index contributed by atoms with van der Waals surface area (Å²) >= 11 is 8.47. The molecule has 0 amide bonds. The maximum atomic E-state index is 5.86. The predicted molar refractivity (Wildman–Crippen MR) is 63.7 cm³/mol. The van der Waals surface area contributed by atoms with Crippen molar-refractivity contribution in [1.29, 1.82) is 0 Å². The first-order chi connectivity index (χ1) is 6.12. The number of benzene rings is 1. The van der Waals surface area contributed by atoms with Gasteiger partial charge in [0.05, 0.1) is 0 Å². The number of hydrogen-bond donors (Lipinski definition) is 0. The fraction of sp³-hybridized carbons (Fsp3) is 0.455. The van der Waals surface area contributed by atoms with Crippen molar-refractivity contribution in [1.82, 2.24) is 0 Å². The molecule has 68 valence electrons. The largest absolute Gasteiger partial charge is 0.0843 e. The summed E-state index contributed by atoms with van der Waals surface area (Å²) in [7, 11) is 0. The molecule has 0 saturated heterocycles. The Morgan fingerprint density at radius 3 is 2.08 bits per heavy atom. The fourth-order valence-electron chi connectivity index (χ4n) is 2.77. The van der Waals surface area contributed by atoms with Crippen LogP contribution in [0.3, 0.4) is 0 Å². The van der Waals surface area contributed by atoms with E-state index in [1.54, 1.807) is 0 Å². The third-order valence-electron chi connectivity index (χ3n) is 3.42. The molecular weight excluding hydrogens is 294 g/mol. The number of rotatable bonds is 1. The van der Waals surface area contributed by atoms with E-state index in [1.807, 2.05) is 12.1 Å². The monoisotopic (exact) mass is 304 g/mol. The molecule has 3 saturated carbocycles. The van der Waals surface area contributed by atoms with E-state index in [-0.39, 0.29) is 0 Å². The van der Waals surface area contributed by atoms with E-state index in [0.29, 0.717) is 8.84 Å². The van der Waals surface area contributed by atoms with Gasteiger partial charge in [0.25, 0.3) is 0 Å². The van der Waals surface area contributed by atoms with Crippen LogP contribution in [0.4, 0.5) is 0 Å². The van der Waals surface area contributed by atoms with Crippen LogP contribution in [0.2, 0.25) is 5.02 Å². The summed E-state index contributed by atoms with van der Waals surface area (Å²) in [4.78, 5) is 0. The van der Waals surface area contributed by atoms with Crippen molar-refractivity contribution in [3.05, 3.63) is 34.9 Å². The van der Waals surface area contributed by atoms with Crippen LogP contribution >= 0.6 is 34.2 Å². The maximum absolute atomic E-state index is 5.86. The molecule has 4 rings (SSSR count). The lowest BCUT2D eigenvalue weighted by Gasteiger charge is -2.68. The number of alkyl halides is 1. The molecule has 0 unspecified atom stereocenters. The molecule has 0 radical (unpaired) electrons. The lowest BCUT2D eigenvalue weighted by molar-refractivity contribution is 0.0220. The molecule has 3 fully saturated rings. The molecular formula is C11H10ClI. The topological polar surface area (TPSA) is 0 Å². The zero-order valence-electron chi connectivity index (χ0n) is 7.19. The third-order valence-corrected chi connectivity index (χ3v) is 4.82. The molecule has 0 heterocycles. The highest BCUT2D eigenvalue weighted by atomic mass is 127. The van der Waals surface area contributed by atoms with Crippen molar-refractivity contribution in [2.24, 2.45) is 0 Å². The third kappa shape index (κ3) is 1.09. The molecule has 0 nitrogen and oxygen atoms in total. The summed E-state index contributed by atoms with van der Waals surface area (Å²) in [6, 6.07) is 8.41. The van der Waals surface area contributed by atoms with Crippen molar-refractivity contribution in [2.75, 3.05) is 0 Å². The van der Waals surface area contributed by atoms with Crippen molar-refractivity contribution in [2.45, 2.75) is 28.1 Å². The second-order valence-electron chi connectivity index (χ2n) is 4.47. The van der Waals surface area contributed by atoms with Crippen molar-refractivity contribution in [3.63, 3.8) is 0 Å². The van der Waals surface area contributed by atoms with E-state index in [9.17, 15) is 0 Å². The highest BCUT2D eigenvalue weighted by Gasteiger charge is 2.66. The van der Waals surface area contributed by atoms with Gasteiger partial charge in [0.15, 0.2) is 0 Å². The van der Waals surface area contributed by atoms with E-state index >= 15 is 0 Å². The Balaban J connectivity index is 1.91. The Morgan fingerprint density at radius 1 is 1.08 bits per heavy atom. The average molecular weight is 305 g/mol.